The molecule has 0 fully saturated rings. The Hall–Kier alpha value is -4.14. The van der Waals surface area contributed by atoms with Gasteiger partial charge in [-0.2, -0.15) is 10.2 Å². The Morgan fingerprint density at radius 2 is 1.00 bits per heavy atom. The maximum atomic E-state index is 12.3. The highest BCUT2D eigenvalue weighted by Gasteiger charge is 2.19. The van der Waals surface area contributed by atoms with E-state index in [9.17, 15) is 9.59 Å². The van der Waals surface area contributed by atoms with Gasteiger partial charge < -0.3 is 9.47 Å². The Kier molecular flexibility index (Phi) is 9.21. The second-order valence-corrected chi connectivity index (χ2v) is 7.19. The standard InChI is InChI=1S/C26H26N4O4/c1-33-23(21-9-5-3-6-10-21)25(31)29-27-17-19-13-15-20(16-14-19)18-28-30-26(32)24(34-2)22-11-7-4-8-12-22/h3-18,23-24H,1-2H3,(H,29,31)(H,30,32)/b27-17+,28-18+. The fourth-order valence-electron chi connectivity index (χ4n) is 3.17. The Bertz CT molecular complexity index is 1030. The zero-order valence-corrected chi connectivity index (χ0v) is 18.9. The lowest BCUT2D eigenvalue weighted by molar-refractivity contribution is -0.132. The molecule has 3 aromatic carbocycles. The minimum absolute atomic E-state index is 0.366. The maximum Gasteiger partial charge on any atom is 0.273 e. The fourth-order valence-corrected chi connectivity index (χ4v) is 3.17. The molecule has 2 atom stereocenters. The van der Waals surface area contributed by atoms with Crippen LogP contribution in [0.15, 0.2) is 95.1 Å². The molecule has 2 N–H and O–H groups in total. The van der Waals surface area contributed by atoms with E-state index in [0.29, 0.717) is 0 Å². The van der Waals surface area contributed by atoms with Gasteiger partial charge in [0.1, 0.15) is 0 Å². The Morgan fingerprint density at radius 3 is 1.32 bits per heavy atom. The number of nitrogens with one attached hydrogen (secondary N) is 2. The lowest BCUT2D eigenvalue weighted by atomic mass is 10.1. The summed E-state index contributed by atoms with van der Waals surface area (Å²) in [4.78, 5) is 24.7. The van der Waals surface area contributed by atoms with Gasteiger partial charge in [0.15, 0.2) is 12.2 Å². The first kappa shape index (κ1) is 24.5. The molecule has 0 heterocycles. The van der Waals surface area contributed by atoms with Crippen LogP contribution < -0.4 is 10.9 Å². The zero-order valence-electron chi connectivity index (χ0n) is 18.9. The number of ether oxygens (including phenoxy) is 2. The number of methoxy groups -OCH3 is 2. The molecule has 0 bridgehead atoms. The largest absolute Gasteiger partial charge is 0.367 e. The molecule has 0 saturated heterocycles. The van der Waals surface area contributed by atoms with Crippen molar-refractivity contribution in [3.05, 3.63) is 107 Å². The molecular weight excluding hydrogens is 432 g/mol. The average Bonchev–Trinajstić information content (AvgIpc) is 2.87. The topological polar surface area (TPSA) is 101 Å². The lowest BCUT2D eigenvalue weighted by Crippen LogP contribution is -2.26. The third-order valence-electron chi connectivity index (χ3n) is 4.87. The van der Waals surface area contributed by atoms with E-state index in [2.05, 4.69) is 21.1 Å². The molecule has 8 heteroatoms. The van der Waals surface area contributed by atoms with Gasteiger partial charge in [-0.3, -0.25) is 9.59 Å². The van der Waals surface area contributed by atoms with Gasteiger partial charge >= 0.3 is 0 Å². The summed E-state index contributed by atoms with van der Waals surface area (Å²) < 4.78 is 10.6. The summed E-state index contributed by atoms with van der Waals surface area (Å²) in [5, 5.41) is 8.00. The SMILES string of the molecule is COC(C(=O)N/N=C/c1ccc(/C=N/NC(=O)C(OC)c2ccccc2)cc1)c1ccccc1. The summed E-state index contributed by atoms with van der Waals surface area (Å²) >= 11 is 0. The molecule has 8 nitrogen and oxygen atoms in total. The second-order valence-electron chi connectivity index (χ2n) is 7.19. The molecule has 0 aliphatic carbocycles. The van der Waals surface area contributed by atoms with E-state index in [0.717, 1.165) is 22.3 Å². The number of hydrazone groups is 2. The number of rotatable bonds is 10. The molecule has 0 aromatic heterocycles. The van der Waals surface area contributed by atoms with Crippen molar-refractivity contribution in [1.29, 1.82) is 0 Å². The third kappa shape index (κ3) is 6.93. The zero-order chi connectivity index (χ0) is 24.2. The third-order valence-corrected chi connectivity index (χ3v) is 4.87. The Balaban J connectivity index is 1.51. The van der Waals surface area contributed by atoms with Crippen LogP contribution in [-0.4, -0.2) is 38.5 Å². The molecule has 34 heavy (non-hydrogen) atoms. The van der Waals surface area contributed by atoms with Crippen molar-refractivity contribution in [3.63, 3.8) is 0 Å². The van der Waals surface area contributed by atoms with Crippen LogP contribution in [0.25, 0.3) is 0 Å². The van der Waals surface area contributed by atoms with E-state index in [4.69, 9.17) is 9.47 Å². The number of hydrogen-bond donors (Lipinski definition) is 2. The predicted molar refractivity (Wildman–Crippen MR) is 130 cm³/mol. The van der Waals surface area contributed by atoms with Crippen molar-refractivity contribution in [1.82, 2.24) is 10.9 Å². The van der Waals surface area contributed by atoms with Crippen molar-refractivity contribution in [2.45, 2.75) is 12.2 Å². The number of nitrogens with zero attached hydrogens (tertiary/aromatic N) is 2. The lowest BCUT2D eigenvalue weighted by Gasteiger charge is -2.13. The van der Waals surface area contributed by atoms with Gasteiger partial charge in [0.2, 0.25) is 0 Å². The second kappa shape index (κ2) is 12.8. The van der Waals surface area contributed by atoms with Crippen molar-refractivity contribution < 1.29 is 19.1 Å². The number of hydrogen-bond acceptors (Lipinski definition) is 6. The van der Waals surface area contributed by atoms with Crippen molar-refractivity contribution in [2.24, 2.45) is 10.2 Å². The summed E-state index contributed by atoms with van der Waals surface area (Å²) in [6.07, 6.45) is 1.57. The highest BCUT2D eigenvalue weighted by atomic mass is 16.5. The smallest absolute Gasteiger partial charge is 0.273 e. The summed E-state index contributed by atoms with van der Waals surface area (Å²) in [5.41, 5.74) is 8.02. The molecule has 2 amide bonds. The number of benzene rings is 3. The average molecular weight is 459 g/mol. The van der Waals surface area contributed by atoms with Crippen molar-refractivity contribution >= 4 is 24.2 Å². The van der Waals surface area contributed by atoms with Gasteiger partial charge in [0.25, 0.3) is 11.8 Å². The molecule has 0 aliphatic rings. The molecule has 174 valence electrons. The van der Waals surface area contributed by atoms with Crippen LogP contribution in [0.2, 0.25) is 0 Å². The predicted octanol–water partition coefficient (Wildman–Crippen LogP) is 3.36. The molecule has 0 spiro atoms. The first-order valence-electron chi connectivity index (χ1n) is 10.5. The summed E-state index contributed by atoms with van der Waals surface area (Å²) in [5.74, 6) is -0.733. The molecule has 0 radical (unpaired) electrons. The van der Waals surface area contributed by atoms with E-state index in [1.165, 1.54) is 26.6 Å². The normalized spacial score (nSPS) is 13.0. The van der Waals surface area contributed by atoms with Gasteiger partial charge in [0, 0.05) is 14.2 Å². The van der Waals surface area contributed by atoms with Gasteiger partial charge in [-0.25, -0.2) is 10.9 Å². The molecule has 2 unspecified atom stereocenters. The first-order chi connectivity index (χ1) is 16.6. The van der Waals surface area contributed by atoms with Gasteiger partial charge in [-0.15, -0.1) is 0 Å². The van der Waals surface area contributed by atoms with Gasteiger partial charge in [-0.1, -0.05) is 84.9 Å². The van der Waals surface area contributed by atoms with Gasteiger partial charge in [0.05, 0.1) is 12.4 Å². The van der Waals surface area contributed by atoms with Crippen LogP contribution in [0.4, 0.5) is 0 Å². The first-order valence-corrected chi connectivity index (χ1v) is 10.5. The van der Waals surface area contributed by atoms with E-state index < -0.39 is 12.2 Å². The molecule has 3 rings (SSSR count). The number of carbonyl (C=O) groups excluding carboxylic acids is 2. The number of amides is 2. The molecule has 3 aromatic rings. The van der Waals surface area contributed by atoms with Crippen molar-refractivity contribution in [2.75, 3.05) is 14.2 Å². The van der Waals surface area contributed by atoms with Crippen LogP contribution >= 0.6 is 0 Å². The Morgan fingerprint density at radius 1 is 0.647 bits per heavy atom. The quantitative estimate of drug-likeness (QED) is 0.359. The Labute approximate surface area is 198 Å². The summed E-state index contributed by atoms with van der Waals surface area (Å²) in [7, 11) is 2.95. The minimum Gasteiger partial charge on any atom is -0.367 e. The van der Waals surface area contributed by atoms with E-state index >= 15 is 0 Å². The number of carbonyl (C=O) groups is 2. The molecular formula is C26H26N4O4. The highest BCUT2D eigenvalue weighted by molar-refractivity contribution is 5.87. The summed E-state index contributed by atoms with van der Waals surface area (Å²) in [6, 6.07) is 25.6. The van der Waals surface area contributed by atoms with Crippen LogP contribution in [-0.2, 0) is 19.1 Å². The van der Waals surface area contributed by atoms with Crippen LogP contribution in [0.1, 0.15) is 34.5 Å². The van der Waals surface area contributed by atoms with E-state index in [-0.39, 0.29) is 11.8 Å². The minimum atomic E-state index is -0.744. The van der Waals surface area contributed by atoms with Crippen LogP contribution in [0.5, 0.6) is 0 Å². The maximum absolute atomic E-state index is 12.3. The monoisotopic (exact) mass is 458 g/mol. The fraction of sp³-hybridized carbons (Fsp3) is 0.154. The van der Waals surface area contributed by atoms with E-state index in [1.807, 2.05) is 84.9 Å². The van der Waals surface area contributed by atoms with Crippen LogP contribution in [0.3, 0.4) is 0 Å². The highest BCUT2D eigenvalue weighted by Crippen LogP contribution is 2.17. The van der Waals surface area contributed by atoms with Crippen molar-refractivity contribution in [3.8, 4) is 0 Å². The summed E-state index contributed by atoms with van der Waals surface area (Å²) in [6.45, 7) is 0. The van der Waals surface area contributed by atoms with Gasteiger partial charge in [-0.05, 0) is 22.3 Å². The van der Waals surface area contributed by atoms with E-state index in [1.54, 1.807) is 0 Å². The van der Waals surface area contributed by atoms with Crippen LogP contribution in [0, 0.1) is 0 Å². The molecule has 0 saturated carbocycles. The molecule has 0 aliphatic heterocycles.